The van der Waals surface area contributed by atoms with Gasteiger partial charge in [-0.3, -0.25) is 0 Å². The molecule has 0 fully saturated rings. The molecule has 1 atom stereocenters. The Morgan fingerprint density at radius 2 is 1.86 bits per heavy atom. The second kappa shape index (κ2) is 8.29. The molecule has 1 unspecified atom stereocenters. The SMILES string of the molecule is CCOC(=O)c1c(OC(C)C(F)(F)F)nc2ccc(Cl)cc2c1-c1ccccc1. The lowest BCUT2D eigenvalue weighted by atomic mass is 9.96. The van der Waals surface area contributed by atoms with Crippen LogP contribution in [0.4, 0.5) is 13.2 Å². The zero-order valence-corrected chi connectivity index (χ0v) is 16.3. The van der Waals surface area contributed by atoms with E-state index in [1.807, 2.05) is 0 Å². The monoisotopic (exact) mass is 423 g/mol. The van der Waals surface area contributed by atoms with E-state index in [4.69, 9.17) is 21.1 Å². The summed E-state index contributed by atoms with van der Waals surface area (Å²) in [6, 6.07) is 13.5. The molecule has 3 aromatic rings. The van der Waals surface area contributed by atoms with E-state index in [2.05, 4.69) is 4.98 Å². The molecule has 0 radical (unpaired) electrons. The number of alkyl halides is 3. The van der Waals surface area contributed by atoms with Crippen LogP contribution >= 0.6 is 11.6 Å². The molecule has 1 aromatic heterocycles. The molecule has 2 aromatic carbocycles. The average Bonchev–Trinajstić information content (AvgIpc) is 2.67. The second-order valence-electron chi connectivity index (χ2n) is 6.22. The van der Waals surface area contributed by atoms with Crippen LogP contribution in [0.2, 0.25) is 5.02 Å². The first kappa shape index (κ1) is 20.9. The van der Waals surface area contributed by atoms with Crippen LogP contribution in [0.1, 0.15) is 24.2 Å². The summed E-state index contributed by atoms with van der Waals surface area (Å²) in [5.41, 5.74) is 1.10. The van der Waals surface area contributed by atoms with Gasteiger partial charge in [0.15, 0.2) is 6.10 Å². The number of halogens is 4. The molecular weight excluding hydrogens is 407 g/mol. The molecule has 1 heterocycles. The minimum absolute atomic E-state index is 0.0366. The van der Waals surface area contributed by atoms with E-state index in [1.165, 1.54) is 0 Å². The van der Waals surface area contributed by atoms with Crippen molar-refractivity contribution in [3.63, 3.8) is 0 Å². The summed E-state index contributed by atoms with van der Waals surface area (Å²) in [6.07, 6.45) is -6.80. The molecule has 0 aliphatic carbocycles. The van der Waals surface area contributed by atoms with Crippen molar-refractivity contribution in [1.29, 1.82) is 0 Å². The molecule has 0 aliphatic rings. The number of pyridine rings is 1. The standard InChI is InChI=1S/C21H17ClF3NO3/c1-3-28-20(27)18-17(13-7-5-4-6-8-13)15-11-14(22)9-10-16(15)26-19(18)29-12(2)21(23,24)25/h4-12H,3H2,1-2H3. The quantitative estimate of drug-likeness (QED) is 0.468. The highest BCUT2D eigenvalue weighted by Gasteiger charge is 2.39. The van der Waals surface area contributed by atoms with E-state index < -0.39 is 24.1 Å². The topological polar surface area (TPSA) is 48.4 Å². The molecule has 0 N–H and O–H groups in total. The third-order valence-electron chi connectivity index (χ3n) is 4.21. The van der Waals surface area contributed by atoms with E-state index in [-0.39, 0.29) is 12.2 Å². The average molecular weight is 424 g/mol. The third kappa shape index (κ3) is 4.45. The van der Waals surface area contributed by atoms with Gasteiger partial charge in [-0.05, 0) is 37.6 Å². The number of ether oxygens (including phenoxy) is 2. The van der Waals surface area contributed by atoms with Crippen LogP contribution in [-0.4, -0.2) is 29.8 Å². The molecule has 4 nitrogen and oxygen atoms in total. The molecule has 0 aliphatic heterocycles. The van der Waals surface area contributed by atoms with Crippen molar-refractivity contribution in [1.82, 2.24) is 4.98 Å². The Morgan fingerprint density at radius 3 is 2.48 bits per heavy atom. The number of carbonyl (C=O) groups excluding carboxylic acids is 1. The summed E-state index contributed by atoms with van der Waals surface area (Å²) < 4.78 is 49.6. The molecule has 0 amide bonds. The van der Waals surface area contributed by atoms with Crippen LogP contribution < -0.4 is 4.74 Å². The predicted molar refractivity (Wildman–Crippen MR) is 104 cm³/mol. The van der Waals surface area contributed by atoms with Crippen molar-refractivity contribution in [3.8, 4) is 17.0 Å². The maximum atomic E-state index is 13.1. The first-order valence-corrected chi connectivity index (χ1v) is 9.19. The van der Waals surface area contributed by atoms with E-state index >= 15 is 0 Å². The molecule has 8 heteroatoms. The smallest absolute Gasteiger partial charge is 0.425 e. The lowest BCUT2D eigenvalue weighted by Crippen LogP contribution is -2.32. The van der Waals surface area contributed by atoms with Gasteiger partial charge < -0.3 is 9.47 Å². The van der Waals surface area contributed by atoms with E-state index in [0.29, 0.717) is 27.1 Å². The zero-order valence-electron chi connectivity index (χ0n) is 15.6. The molecule has 152 valence electrons. The largest absolute Gasteiger partial charge is 0.464 e. The Morgan fingerprint density at radius 1 is 1.17 bits per heavy atom. The fourth-order valence-electron chi connectivity index (χ4n) is 2.83. The summed E-state index contributed by atoms with van der Waals surface area (Å²) in [7, 11) is 0. The molecule has 0 saturated carbocycles. The number of hydrogen-bond acceptors (Lipinski definition) is 4. The number of esters is 1. The maximum absolute atomic E-state index is 13.1. The Balaban J connectivity index is 2.36. The van der Waals surface area contributed by atoms with Gasteiger partial charge in [-0.2, -0.15) is 13.2 Å². The molecule has 0 spiro atoms. The van der Waals surface area contributed by atoms with Gasteiger partial charge in [0.2, 0.25) is 5.88 Å². The van der Waals surface area contributed by atoms with Crippen LogP contribution in [-0.2, 0) is 4.74 Å². The number of rotatable bonds is 5. The van der Waals surface area contributed by atoms with Crippen molar-refractivity contribution in [3.05, 3.63) is 59.1 Å². The summed E-state index contributed by atoms with van der Waals surface area (Å²) in [5.74, 6) is -1.27. The van der Waals surface area contributed by atoms with Gasteiger partial charge in [0.25, 0.3) is 0 Å². The Hall–Kier alpha value is -2.80. The first-order chi connectivity index (χ1) is 13.7. The molecule has 3 rings (SSSR count). The molecule has 0 saturated heterocycles. The summed E-state index contributed by atoms with van der Waals surface area (Å²) >= 11 is 6.13. The summed E-state index contributed by atoms with van der Waals surface area (Å²) in [4.78, 5) is 16.9. The van der Waals surface area contributed by atoms with E-state index in [1.54, 1.807) is 55.5 Å². The third-order valence-corrected chi connectivity index (χ3v) is 4.44. The molecule has 29 heavy (non-hydrogen) atoms. The Labute approximate surface area is 170 Å². The van der Waals surface area contributed by atoms with Crippen molar-refractivity contribution in [2.24, 2.45) is 0 Å². The van der Waals surface area contributed by atoms with Crippen LogP contribution in [0.5, 0.6) is 5.88 Å². The second-order valence-corrected chi connectivity index (χ2v) is 6.65. The zero-order chi connectivity index (χ0) is 21.2. The highest BCUT2D eigenvalue weighted by atomic mass is 35.5. The van der Waals surface area contributed by atoms with E-state index in [0.717, 1.165) is 6.92 Å². The fraction of sp³-hybridized carbons (Fsp3) is 0.238. The van der Waals surface area contributed by atoms with Gasteiger partial charge in [0, 0.05) is 16.0 Å². The van der Waals surface area contributed by atoms with Crippen molar-refractivity contribution >= 4 is 28.5 Å². The van der Waals surface area contributed by atoms with Crippen LogP contribution in [0, 0.1) is 0 Å². The van der Waals surface area contributed by atoms with Gasteiger partial charge in [0.1, 0.15) is 5.56 Å². The van der Waals surface area contributed by atoms with Gasteiger partial charge in [-0.25, -0.2) is 9.78 Å². The highest BCUT2D eigenvalue weighted by molar-refractivity contribution is 6.31. The molecule has 0 bridgehead atoms. The van der Waals surface area contributed by atoms with Gasteiger partial charge >= 0.3 is 12.1 Å². The van der Waals surface area contributed by atoms with Crippen molar-refractivity contribution in [2.45, 2.75) is 26.1 Å². The van der Waals surface area contributed by atoms with Crippen LogP contribution in [0.25, 0.3) is 22.0 Å². The molecular formula is C21H17ClF3NO3. The van der Waals surface area contributed by atoms with Gasteiger partial charge in [-0.15, -0.1) is 0 Å². The first-order valence-electron chi connectivity index (χ1n) is 8.81. The summed E-state index contributed by atoms with van der Waals surface area (Å²) in [5, 5.41) is 0.891. The number of benzene rings is 2. The number of nitrogens with zero attached hydrogens (tertiary/aromatic N) is 1. The Kier molecular flexibility index (Phi) is 5.98. The normalized spacial score (nSPS) is 12.6. The number of aromatic nitrogens is 1. The van der Waals surface area contributed by atoms with Crippen molar-refractivity contribution in [2.75, 3.05) is 6.61 Å². The number of fused-ring (bicyclic) bond motifs is 1. The fourth-order valence-corrected chi connectivity index (χ4v) is 3.00. The lowest BCUT2D eigenvalue weighted by Gasteiger charge is -2.21. The Bertz CT molecular complexity index is 1040. The highest BCUT2D eigenvalue weighted by Crippen LogP contribution is 2.39. The predicted octanol–water partition coefficient (Wildman–Crippen LogP) is 6.06. The number of hydrogen-bond donors (Lipinski definition) is 0. The van der Waals surface area contributed by atoms with Gasteiger partial charge in [0.05, 0.1) is 12.1 Å². The minimum atomic E-state index is -4.63. The minimum Gasteiger partial charge on any atom is -0.464 e. The van der Waals surface area contributed by atoms with Crippen molar-refractivity contribution < 1.29 is 27.4 Å². The maximum Gasteiger partial charge on any atom is 0.425 e. The summed E-state index contributed by atoms with van der Waals surface area (Å²) in [6.45, 7) is 2.49. The van der Waals surface area contributed by atoms with Crippen LogP contribution in [0.3, 0.4) is 0 Å². The van der Waals surface area contributed by atoms with Crippen LogP contribution in [0.15, 0.2) is 48.5 Å². The number of carbonyl (C=O) groups is 1. The van der Waals surface area contributed by atoms with E-state index in [9.17, 15) is 18.0 Å². The van der Waals surface area contributed by atoms with Gasteiger partial charge in [-0.1, -0.05) is 41.9 Å². The lowest BCUT2D eigenvalue weighted by molar-refractivity contribution is -0.190.